The lowest BCUT2D eigenvalue weighted by molar-refractivity contribution is 0.0462. The molecule has 1 aliphatic rings. The largest absolute Gasteiger partial charge is 0.454 e. The summed E-state index contributed by atoms with van der Waals surface area (Å²) in [7, 11) is 0. The maximum atomic E-state index is 12.5. The van der Waals surface area contributed by atoms with Gasteiger partial charge in [-0.15, -0.1) is 11.3 Å². The Bertz CT molecular complexity index is 1040. The third-order valence-corrected chi connectivity index (χ3v) is 5.86. The highest BCUT2D eigenvalue weighted by molar-refractivity contribution is 7.18. The van der Waals surface area contributed by atoms with Gasteiger partial charge in [0.15, 0.2) is 0 Å². The number of aromatic amines is 1. The lowest BCUT2D eigenvalue weighted by Crippen LogP contribution is -2.15. The third-order valence-electron chi connectivity index (χ3n) is 4.67. The van der Waals surface area contributed by atoms with E-state index in [0.717, 1.165) is 47.2 Å². The molecule has 0 fully saturated rings. The number of carbonyl (C=O) groups excluding carboxylic acids is 1. The number of benzene rings is 1. The number of hydrogen-bond acceptors (Lipinski definition) is 5. The molecule has 1 aromatic carbocycles. The van der Waals surface area contributed by atoms with Crippen molar-refractivity contribution in [1.82, 2.24) is 9.97 Å². The molecule has 0 radical (unpaired) electrons. The third kappa shape index (κ3) is 3.17. The monoisotopic (exact) mass is 368 g/mol. The van der Waals surface area contributed by atoms with Crippen LogP contribution in [0.15, 0.2) is 23.0 Å². The SMILES string of the molecule is Cc1cc(C)cc(C(=O)OCc2nc3sc4c(c3c(=O)[nH]2)CCCC4)c1. The fourth-order valence-electron chi connectivity index (χ4n) is 3.59. The number of aryl methyl sites for hydroxylation is 4. The van der Waals surface area contributed by atoms with E-state index in [9.17, 15) is 9.59 Å². The molecule has 3 aromatic rings. The van der Waals surface area contributed by atoms with E-state index in [4.69, 9.17) is 4.74 Å². The maximum absolute atomic E-state index is 12.5. The Morgan fingerprint density at radius 3 is 2.69 bits per heavy atom. The van der Waals surface area contributed by atoms with E-state index >= 15 is 0 Å². The Kier molecular flexibility index (Phi) is 4.36. The molecule has 0 spiro atoms. The van der Waals surface area contributed by atoms with Gasteiger partial charge in [-0.2, -0.15) is 0 Å². The zero-order valence-corrected chi connectivity index (χ0v) is 15.7. The summed E-state index contributed by atoms with van der Waals surface area (Å²) in [5, 5.41) is 0.717. The second kappa shape index (κ2) is 6.68. The van der Waals surface area contributed by atoms with Gasteiger partial charge in [-0.1, -0.05) is 17.2 Å². The molecule has 0 amide bonds. The van der Waals surface area contributed by atoms with Gasteiger partial charge in [0.1, 0.15) is 17.3 Å². The molecule has 2 aromatic heterocycles. The predicted octanol–water partition coefficient (Wildman–Crippen LogP) is 3.84. The highest BCUT2D eigenvalue weighted by Gasteiger charge is 2.20. The number of rotatable bonds is 3. The number of hydrogen-bond donors (Lipinski definition) is 1. The van der Waals surface area contributed by atoms with E-state index in [1.807, 2.05) is 19.9 Å². The molecule has 0 aliphatic heterocycles. The Morgan fingerprint density at radius 2 is 1.92 bits per heavy atom. The second-order valence-electron chi connectivity index (χ2n) is 6.86. The molecular formula is C20H20N2O3S. The van der Waals surface area contributed by atoms with Crippen LogP contribution in [-0.2, 0) is 24.2 Å². The van der Waals surface area contributed by atoms with Crippen molar-refractivity contribution < 1.29 is 9.53 Å². The van der Waals surface area contributed by atoms with Crippen LogP contribution in [0.4, 0.5) is 0 Å². The molecule has 1 N–H and O–H groups in total. The molecule has 134 valence electrons. The number of H-pyrrole nitrogens is 1. The second-order valence-corrected chi connectivity index (χ2v) is 7.94. The Morgan fingerprint density at radius 1 is 1.19 bits per heavy atom. The average molecular weight is 368 g/mol. The fourth-order valence-corrected chi connectivity index (χ4v) is 4.87. The van der Waals surface area contributed by atoms with E-state index in [2.05, 4.69) is 9.97 Å². The lowest BCUT2D eigenvalue weighted by Gasteiger charge is -2.09. The van der Waals surface area contributed by atoms with Gasteiger partial charge in [0, 0.05) is 4.88 Å². The van der Waals surface area contributed by atoms with Gasteiger partial charge >= 0.3 is 5.97 Å². The standard InChI is InChI=1S/C20H20N2O3S/c1-11-7-12(2)9-13(8-11)20(24)25-10-16-21-18(23)17-14-5-3-4-6-15(14)26-19(17)22-16/h7-9H,3-6,10H2,1-2H3,(H,21,22,23). The van der Waals surface area contributed by atoms with Crippen LogP contribution in [0.25, 0.3) is 10.2 Å². The van der Waals surface area contributed by atoms with Crippen molar-refractivity contribution in [3.63, 3.8) is 0 Å². The highest BCUT2D eigenvalue weighted by atomic mass is 32.1. The average Bonchev–Trinajstić information content (AvgIpc) is 2.97. The van der Waals surface area contributed by atoms with E-state index in [-0.39, 0.29) is 12.2 Å². The summed E-state index contributed by atoms with van der Waals surface area (Å²) in [6.07, 6.45) is 4.25. The number of fused-ring (bicyclic) bond motifs is 3. The molecule has 6 heteroatoms. The molecule has 2 heterocycles. The van der Waals surface area contributed by atoms with Crippen molar-refractivity contribution >= 4 is 27.5 Å². The molecule has 0 saturated heterocycles. The Hall–Kier alpha value is -2.47. The lowest BCUT2D eigenvalue weighted by atomic mass is 9.97. The zero-order chi connectivity index (χ0) is 18.3. The first-order valence-electron chi connectivity index (χ1n) is 8.80. The van der Waals surface area contributed by atoms with E-state index in [1.54, 1.807) is 23.5 Å². The molecule has 1 aliphatic carbocycles. The first kappa shape index (κ1) is 17.0. The van der Waals surface area contributed by atoms with Crippen LogP contribution in [0.5, 0.6) is 0 Å². The minimum absolute atomic E-state index is 0.0421. The molecule has 0 bridgehead atoms. The number of carbonyl (C=O) groups is 1. The summed E-state index contributed by atoms with van der Waals surface area (Å²) in [5.41, 5.74) is 3.55. The van der Waals surface area contributed by atoms with Crippen LogP contribution in [-0.4, -0.2) is 15.9 Å². The van der Waals surface area contributed by atoms with Crippen LogP contribution in [0.3, 0.4) is 0 Å². The molecular weight excluding hydrogens is 348 g/mol. The fraction of sp³-hybridized carbons (Fsp3) is 0.350. The van der Waals surface area contributed by atoms with Crippen LogP contribution in [0, 0.1) is 13.8 Å². The predicted molar refractivity (Wildman–Crippen MR) is 102 cm³/mol. The van der Waals surface area contributed by atoms with Gasteiger partial charge in [-0.05, 0) is 57.2 Å². The van der Waals surface area contributed by atoms with E-state index < -0.39 is 5.97 Å². The van der Waals surface area contributed by atoms with Crippen molar-refractivity contribution in [3.8, 4) is 0 Å². The molecule has 26 heavy (non-hydrogen) atoms. The smallest absolute Gasteiger partial charge is 0.338 e. The van der Waals surface area contributed by atoms with Crippen molar-refractivity contribution in [3.05, 3.63) is 61.5 Å². The van der Waals surface area contributed by atoms with Crippen LogP contribution in [0.2, 0.25) is 0 Å². The molecule has 0 saturated carbocycles. The summed E-state index contributed by atoms with van der Waals surface area (Å²) in [5.74, 6) is -0.0242. The normalized spacial score (nSPS) is 13.6. The molecule has 0 unspecified atom stereocenters. The van der Waals surface area contributed by atoms with E-state index in [1.165, 1.54) is 4.88 Å². The number of aromatic nitrogens is 2. The number of esters is 1. The first-order valence-corrected chi connectivity index (χ1v) is 9.62. The molecule has 0 atom stereocenters. The molecule has 4 rings (SSSR count). The van der Waals surface area contributed by atoms with Crippen molar-refractivity contribution in [2.24, 2.45) is 0 Å². The van der Waals surface area contributed by atoms with Gasteiger partial charge < -0.3 is 9.72 Å². The number of thiophene rings is 1. The van der Waals surface area contributed by atoms with Gasteiger partial charge in [-0.25, -0.2) is 9.78 Å². The van der Waals surface area contributed by atoms with Crippen LogP contribution >= 0.6 is 11.3 Å². The van der Waals surface area contributed by atoms with Crippen molar-refractivity contribution in [2.45, 2.75) is 46.1 Å². The first-order chi connectivity index (χ1) is 12.5. The van der Waals surface area contributed by atoms with Gasteiger partial charge in [-0.3, -0.25) is 4.79 Å². The maximum Gasteiger partial charge on any atom is 0.338 e. The summed E-state index contributed by atoms with van der Waals surface area (Å²) in [6.45, 7) is 3.84. The zero-order valence-electron chi connectivity index (χ0n) is 14.8. The molecule has 5 nitrogen and oxygen atoms in total. The summed E-state index contributed by atoms with van der Waals surface area (Å²) in [4.78, 5) is 34.1. The Labute approximate surface area is 155 Å². The Balaban J connectivity index is 1.58. The van der Waals surface area contributed by atoms with Crippen molar-refractivity contribution in [1.29, 1.82) is 0 Å². The van der Waals surface area contributed by atoms with Crippen molar-refractivity contribution in [2.75, 3.05) is 0 Å². The minimum atomic E-state index is -0.412. The topological polar surface area (TPSA) is 72.0 Å². The number of nitrogens with one attached hydrogen (secondary N) is 1. The summed E-state index contributed by atoms with van der Waals surface area (Å²) in [6, 6.07) is 5.59. The summed E-state index contributed by atoms with van der Waals surface area (Å²) >= 11 is 1.59. The van der Waals surface area contributed by atoms with Gasteiger partial charge in [0.05, 0.1) is 10.9 Å². The van der Waals surface area contributed by atoms with Gasteiger partial charge in [0.25, 0.3) is 5.56 Å². The summed E-state index contributed by atoms with van der Waals surface area (Å²) < 4.78 is 5.36. The highest BCUT2D eigenvalue weighted by Crippen LogP contribution is 2.33. The van der Waals surface area contributed by atoms with Gasteiger partial charge in [0.2, 0.25) is 0 Å². The minimum Gasteiger partial charge on any atom is -0.454 e. The van der Waals surface area contributed by atoms with E-state index in [0.29, 0.717) is 16.8 Å². The number of nitrogens with zero attached hydrogens (tertiary/aromatic N) is 1. The van der Waals surface area contributed by atoms with Crippen LogP contribution in [0.1, 0.15) is 50.6 Å². The van der Waals surface area contributed by atoms with Crippen LogP contribution < -0.4 is 5.56 Å². The quantitative estimate of drug-likeness (QED) is 0.713. The number of ether oxygens (including phenoxy) is 1.